The molecular weight excluding hydrogens is 416 g/mol. The monoisotopic (exact) mass is 436 g/mol. The maximum absolute atomic E-state index is 12.5. The number of rotatable bonds is 5. The van der Waals surface area contributed by atoms with Crippen molar-refractivity contribution in [3.8, 4) is 0 Å². The Morgan fingerprint density at radius 3 is 2.48 bits per heavy atom. The summed E-state index contributed by atoms with van der Waals surface area (Å²) in [6.45, 7) is 3.85. The summed E-state index contributed by atoms with van der Waals surface area (Å²) >= 11 is 1.37. The summed E-state index contributed by atoms with van der Waals surface area (Å²) in [5, 5.41) is 3.17. The molecule has 2 aromatic carbocycles. The van der Waals surface area contributed by atoms with Gasteiger partial charge in [-0.05, 0) is 29.8 Å². The maximum atomic E-state index is 12.5. The Kier molecular flexibility index (Phi) is 5.23. The van der Waals surface area contributed by atoms with Crippen LogP contribution in [0.3, 0.4) is 0 Å². The van der Waals surface area contributed by atoms with Crippen LogP contribution < -0.4 is 5.32 Å². The normalized spacial score (nSPS) is 16.7. The number of benzene rings is 2. The minimum atomic E-state index is -0.456. The minimum absolute atomic E-state index is 0.327. The van der Waals surface area contributed by atoms with E-state index in [1.807, 2.05) is 12.1 Å². The van der Waals surface area contributed by atoms with Gasteiger partial charge in [0.1, 0.15) is 6.54 Å². The Hall–Kier alpha value is -3.14. The summed E-state index contributed by atoms with van der Waals surface area (Å²) in [6, 6.07) is 12.7. The van der Waals surface area contributed by atoms with Crippen molar-refractivity contribution in [2.45, 2.75) is 6.54 Å². The van der Waals surface area contributed by atoms with Crippen molar-refractivity contribution in [3.63, 3.8) is 0 Å². The number of carbonyl (C=O) groups excluding carboxylic acids is 3. The van der Waals surface area contributed by atoms with Gasteiger partial charge in [0, 0.05) is 19.6 Å². The number of imide groups is 1. The molecule has 0 spiro atoms. The number of amides is 3. The van der Waals surface area contributed by atoms with Crippen molar-refractivity contribution in [3.05, 3.63) is 59.2 Å². The number of nitrogens with zero attached hydrogens (tertiary/aromatic N) is 3. The zero-order valence-corrected chi connectivity index (χ0v) is 17.5. The minimum Gasteiger partial charge on any atom is -0.379 e. The van der Waals surface area contributed by atoms with Crippen LogP contribution in [-0.2, 0) is 16.1 Å². The summed E-state index contributed by atoms with van der Waals surface area (Å²) < 4.78 is 6.37. The van der Waals surface area contributed by atoms with Crippen LogP contribution in [0.4, 0.5) is 5.13 Å². The average molecular weight is 436 g/mol. The van der Waals surface area contributed by atoms with E-state index in [4.69, 9.17) is 4.74 Å². The Balaban J connectivity index is 1.25. The lowest BCUT2D eigenvalue weighted by atomic mass is 10.1. The molecule has 0 atom stereocenters. The van der Waals surface area contributed by atoms with E-state index in [-0.39, 0.29) is 6.54 Å². The molecule has 1 fully saturated rings. The Morgan fingerprint density at radius 1 is 1.06 bits per heavy atom. The third-order valence-corrected chi connectivity index (χ3v) is 6.32. The van der Waals surface area contributed by atoms with Gasteiger partial charge >= 0.3 is 0 Å². The molecule has 3 aromatic rings. The van der Waals surface area contributed by atoms with Gasteiger partial charge in [-0.1, -0.05) is 29.5 Å². The highest BCUT2D eigenvalue weighted by Crippen LogP contribution is 2.28. The molecule has 0 radical (unpaired) electrons. The molecule has 0 aliphatic carbocycles. The van der Waals surface area contributed by atoms with E-state index in [9.17, 15) is 14.4 Å². The molecule has 1 saturated heterocycles. The molecule has 1 N–H and O–H groups in total. The van der Waals surface area contributed by atoms with Gasteiger partial charge in [0.15, 0.2) is 5.13 Å². The number of thiazole rings is 1. The highest BCUT2D eigenvalue weighted by atomic mass is 32.1. The molecule has 2 aliphatic rings. The van der Waals surface area contributed by atoms with E-state index in [2.05, 4.69) is 21.3 Å². The van der Waals surface area contributed by atoms with Crippen molar-refractivity contribution in [2.75, 3.05) is 38.2 Å². The number of fused-ring (bicyclic) bond motifs is 2. The van der Waals surface area contributed by atoms with Crippen LogP contribution in [0.5, 0.6) is 0 Å². The molecule has 3 amide bonds. The predicted molar refractivity (Wildman–Crippen MR) is 116 cm³/mol. The lowest BCUT2D eigenvalue weighted by Crippen LogP contribution is -2.37. The quantitative estimate of drug-likeness (QED) is 0.618. The summed E-state index contributed by atoms with van der Waals surface area (Å²) in [6.07, 6.45) is 0. The predicted octanol–water partition coefficient (Wildman–Crippen LogP) is 2.36. The van der Waals surface area contributed by atoms with Gasteiger partial charge in [0.25, 0.3) is 11.8 Å². The molecule has 31 heavy (non-hydrogen) atoms. The number of aromatic nitrogens is 1. The number of anilines is 1. The smallest absolute Gasteiger partial charge is 0.262 e. The molecular formula is C22H20N4O4S. The lowest BCUT2D eigenvalue weighted by molar-refractivity contribution is -0.116. The van der Waals surface area contributed by atoms with E-state index in [0.29, 0.717) is 16.3 Å². The molecule has 8 nitrogen and oxygen atoms in total. The van der Waals surface area contributed by atoms with Gasteiger partial charge in [-0.15, -0.1) is 0 Å². The standard InChI is InChI=1S/C22H20N4O4S/c27-19(13-26-20(28)15-3-1-2-4-16(15)21(26)29)24-22-23-17-6-5-14(11-18(17)31-22)12-25-7-9-30-10-8-25/h1-6,11H,7-10,12-13H2,(H,23,24,27). The third kappa shape index (κ3) is 3.95. The SMILES string of the molecule is O=C(CN1C(=O)c2ccccc2C1=O)Nc1nc2ccc(CN3CCOCC3)cc2s1. The number of morpholine rings is 1. The number of hydrogen-bond acceptors (Lipinski definition) is 7. The molecule has 158 valence electrons. The largest absolute Gasteiger partial charge is 0.379 e. The van der Waals surface area contributed by atoms with Crippen molar-refractivity contribution < 1.29 is 19.1 Å². The van der Waals surface area contributed by atoms with Crippen molar-refractivity contribution >= 4 is 44.4 Å². The van der Waals surface area contributed by atoms with Crippen molar-refractivity contribution in [2.24, 2.45) is 0 Å². The van der Waals surface area contributed by atoms with Crippen LogP contribution in [0.25, 0.3) is 10.2 Å². The Labute approximate surface area is 182 Å². The summed E-state index contributed by atoms with van der Waals surface area (Å²) in [7, 11) is 0. The Bertz CT molecular complexity index is 1150. The van der Waals surface area contributed by atoms with Gasteiger partial charge in [0.2, 0.25) is 5.91 Å². The average Bonchev–Trinajstić information content (AvgIpc) is 3.28. The zero-order valence-electron chi connectivity index (χ0n) is 16.7. The second-order valence-corrected chi connectivity index (χ2v) is 8.53. The summed E-state index contributed by atoms with van der Waals surface area (Å²) in [5.74, 6) is -1.36. The van der Waals surface area contributed by atoms with Crippen molar-refractivity contribution in [1.82, 2.24) is 14.8 Å². The second kappa shape index (κ2) is 8.18. The first kappa shape index (κ1) is 19.8. The van der Waals surface area contributed by atoms with E-state index in [0.717, 1.165) is 48.0 Å². The van der Waals surface area contributed by atoms with Gasteiger partial charge in [-0.25, -0.2) is 4.98 Å². The molecule has 0 unspecified atom stereocenters. The summed E-state index contributed by atoms with van der Waals surface area (Å²) in [5.41, 5.74) is 2.63. The van der Waals surface area contributed by atoms with Crippen LogP contribution in [0.2, 0.25) is 0 Å². The van der Waals surface area contributed by atoms with Crippen molar-refractivity contribution in [1.29, 1.82) is 0 Å². The van der Waals surface area contributed by atoms with Crippen LogP contribution >= 0.6 is 11.3 Å². The fraction of sp³-hybridized carbons (Fsp3) is 0.273. The van der Waals surface area contributed by atoms with E-state index < -0.39 is 17.7 Å². The van der Waals surface area contributed by atoms with E-state index in [1.54, 1.807) is 24.3 Å². The maximum Gasteiger partial charge on any atom is 0.262 e. The topological polar surface area (TPSA) is 91.8 Å². The molecule has 0 saturated carbocycles. The van der Waals surface area contributed by atoms with Gasteiger partial charge < -0.3 is 10.1 Å². The number of carbonyl (C=O) groups is 3. The number of hydrogen-bond donors (Lipinski definition) is 1. The molecule has 1 aromatic heterocycles. The molecule has 0 bridgehead atoms. The number of ether oxygens (including phenoxy) is 1. The Morgan fingerprint density at radius 2 is 1.77 bits per heavy atom. The van der Waals surface area contributed by atoms with Gasteiger partial charge in [0.05, 0.1) is 34.6 Å². The first-order valence-corrected chi connectivity index (χ1v) is 10.8. The van der Waals surface area contributed by atoms with Crippen LogP contribution in [0, 0.1) is 0 Å². The van der Waals surface area contributed by atoms with E-state index >= 15 is 0 Å². The molecule has 3 heterocycles. The third-order valence-electron chi connectivity index (χ3n) is 5.39. The highest BCUT2D eigenvalue weighted by Gasteiger charge is 2.36. The fourth-order valence-corrected chi connectivity index (χ4v) is 4.77. The molecule has 5 rings (SSSR count). The fourth-order valence-electron chi connectivity index (χ4n) is 3.82. The van der Waals surface area contributed by atoms with Crippen LogP contribution in [0.1, 0.15) is 26.3 Å². The first-order valence-electron chi connectivity index (χ1n) is 10.0. The highest BCUT2D eigenvalue weighted by molar-refractivity contribution is 7.22. The first-order chi connectivity index (χ1) is 15.1. The van der Waals surface area contributed by atoms with Crippen LogP contribution in [-0.4, -0.2) is 65.4 Å². The lowest BCUT2D eigenvalue weighted by Gasteiger charge is -2.26. The van der Waals surface area contributed by atoms with Gasteiger partial charge in [-0.2, -0.15) is 0 Å². The van der Waals surface area contributed by atoms with Crippen LogP contribution in [0.15, 0.2) is 42.5 Å². The summed E-state index contributed by atoms with van der Waals surface area (Å²) in [4.78, 5) is 45.1. The second-order valence-electron chi connectivity index (χ2n) is 7.50. The number of nitrogens with one attached hydrogen (secondary N) is 1. The zero-order chi connectivity index (χ0) is 21.4. The van der Waals surface area contributed by atoms with Gasteiger partial charge in [-0.3, -0.25) is 24.2 Å². The molecule has 9 heteroatoms. The van der Waals surface area contributed by atoms with E-state index in [1.165, 1.54) is 16.9 Å². The molecule has 2 aliphatic heterocycles.